The first-order valence-electron chi connectivity index (χ1n) is 10.8. The van der Waals surface area contributed by atoms with Gasteiger partial charge in [0.1, 0.15) is 0 Å². The first-order chi connectivity index (χ1) is 14.1. The van der Waals surface area contributed by atoms with E-state index in [-0.39, 0.29) is 35.9 Å². The molecule has 2 N–H and O–H groups in total. The standard InChI is InChI=1S/C22H34N6O.HI/c1-5-23-22(24-12-11-20-26-21(16(2)3)27-29-20)25-17(4)18-9-8-10-19(15-18)28-13-6-7-14-28;/h8-10,15-17H,5-7,11-14H2,1-4H3,(H2,23,24,25);1H. The second-order valence-electron chi connectivity index (χ2n) is 7.87. The van der Waals surface area contributed by atoms with Gasteiger partial charge < -0.3 is 20.1 Å². The highest BCUT2D eigenvalue weighted by atomic mass is 127. The Morgan fingerprint density at radius 1 is 1.23 bits per heavy atom. The van der Waals surface area contributed by atoms with Crippen LogP contribution in [0.25, 0.3) is 0 Å². The molecule has 8 heteroatoms. The number of nitrogens with zero attached hydrogens (tertiary/aromatic N) is 4. The minimum Gasteiger partial charge on any atom is -0.372 e. The summed E-state index contributed by atoms with van der Waals surface area (Å²) in [6.07, 6.45) is 3.21. The fraction of sp³-hybridized carbons (Fsp3) is 0.591. The van der Waals surface area contributed by atoms with Crippen LogP contribution in [0, 0.1) is 0 Å². The summed E-state index contributed by atoms with van der Waals surface area (Å²) >= 11 is 0. The molecule has 1 aromatic heterocycles. The zero-order valence-corrected chi connectivity index (χ0v) is 20.8. The maximum absolute atomic E-state index is 5.30. The van der Waals surface area contributed by atoms with E-state index in [1.807, 2.05) is 0 Å². The van der Waals surface area contributed by atoms with Gasteiger partial charge in [-0.3, -0.25) is 4.99 Å². The first kappa shape index (κ1) is 24.4. The zero-order valence-electron chi connectivity index (χ0n) is 18.5. The maximum atomic E-state index is 5.30. The summed E-state index contributed by atoms with van der Waals surface area (Å²) in [6, 6.07) is 8.97. The number of hydrogen-bond acceptors (Lipinski definition) is 5. The van der Waals surface area contributed by atoms with Crippen LogP contribution in [0.3, 0.4) is 0 Å². The maximum Gasteiger partial charge on any atom is 0.228 e. The summed E-state index contributed by atoms with van der Waals surface area (Å²) in [5, 5.41) is 10.8. The molecular weight excluding hydrogens is 491 g/mol. The van der Waals surface area contributed by atoms with Crippen LogP contribution < -0.4 is 15.5 Å². The van der Waals surface area contributed by atoms with Crippen molar-refractivity contribution in [2.45, 2.75) is 58.9 Å². The van der Waals surface area contributed by atoms with Crippen molar-refractivity contribution in [2.75, 3.05) is 31.1 Å². The summed E-state index contributed by atoms with van der Waals surface area (Å²) in [5.41, 5.74) is 2.58. The molecule has 0 aliphatic carbocycles. The van der Waals surface area contributed by atoms with Gasteiger partial charge in [0, 0.05) is 37.7 Å². The Hall–Kier alpha value is -1.84. The molecule has 30 heavy (non-hydrogen) atoms. The topological polar surface area (TPSA) is 78.6 Å². The van der Waals surface area contributed by atoms with Crippen molar-refractivity contribution in [3.8, 4) is 0 Å². The molecule has 0 saturated carbocycles. The number of aliphatic imine (C=N–C) groups is 1. The van der Waals surface area contributed by atoms with E-state index in [0.717, 1.165) is 31.4 Å². The SMILES string of the molecule is CCNC(=NCCc1nc(C(C)C)no1)NC(C)c1cccc(N2CCCC2)c1.I. The summed E-state index contributed by atoms with van der Waals surface area (Å²) < 4.78 is 5.30. The Morgan fingerprint density at radius 3 is 2.67 bits per heavy atom. The lowest BCUT2D eigenvalue weighted by molar-refractivity contribution is 0.372. The smallest absolute Gasteiger partial charge is 0.228 e. The van der Waals surface area contributed by atoms with Crippen molar-refractivity contribution >= 4 is 35.6 Å². The summed E-state index contributed by atoms with van der Waals surface area (Å²) in [7, 11) is 0. The fourth-order valence-electron chi connectivity index (χ4n) is 3.44. The van der Waals surface area contributed by atoms with Crippen molar-refractivity contribution in [3.63, 3.8) is 0 Å². The van der Waals surface area contributed by atoms with E-state index >= 15 is 0 Å². The minimum absolute atomic E-state index is 0. The third kappa shape index (κ3) is 6.85. The van der Waals surface area contributed by atoms with Gasteiger partial charge in [-0.1, -0.05) is 31.1 Å². The Morgan fingerprint density at radius 2 is 2.00 bits per heavy atom. The highest BCUT2D eigenvalue weighted by Gasteiger charge is 2.15. The van der Waals surface area contributed by atoms with Gasteiger partial charge in [-0.15, -0.1) is 24.0 Å². The van der Waals surface area contributed by atoms with Crippen molar-refractivity contribution in [1.29, 1.82) is 0 Å². The van der Waals surface area contributed by atoms with Crippen molar-refractivity contribution in [1.82, 2.24) is 20.8 Å². The number of aromatic nitrogens is 2. The molecule has 1 aromatic carbocycles. The molecule has 1 saturated heterocycles. The Bertz CT molecular complexity index is 800. The van der Waals surface area contributed by atoms with E-state index in [4.69, 9.17) is 4.52 Å². The van der Waals surface area contributed by atoms with Crippen molar-refractivity contribution in [3.05, 3.63) is 41.5 Å². The Balaban J connectivity index is 0.00000320. The van der Waals surface area contributed by atoms with E-state index in [1.165, 1.54) is 24.1 Å². The molecular formula is C22H35IN6O. The number of rotatable bonds is 8. The molecule has 1 atom stereocenters. The third-order valence-electron chi connectivity index (χ3n) is 5.13. The van der Waals surface area contributed by atoms with Gasteiger partial charge in [-0.05, 0) is 44.4 Å². The first-order valence-corrected chi connectivity index (χ1v) is 10.8. The van der Waals surface area contributed by atoms with Crippen LogP contribution in [0.4, 0.5) is 5.69 Å². The summed E-state index contributed by atoms with van der Waals surface area (Å²) in [4.78, 5) is 11.6. The van der Waals surface area contributed by atoms with Crippen LogP contribution in [-0.2, 0) is 6.42 Å². The molecule has 0 radical (unpaired) electrons. The van der Waals surface area contributed by atoms with Gasteiger partial charge in [-0.2, -0.15) is 4.98 Å². The largest absolute Gasteiger partial charge is 0.372 e. The highest BCUT2D eigenvalue weighted by Crippen LogP contribution is 2.24. The Kier molecular flexibility index (Phi) is 9.87. The number of halogens is 1. The second-order valence-corrected chi connectivity index (χ2v) is 7.87. The molecule has 166 valence electrons. The van der Waals surface area contributed by atoms with Crippen LogP contribution >= 0.6 is 24.0 Å². The van der Waals surface area contributed by atoms with E-state index < -0.39 is 0 Å². The number of anilines is 1. The lowest BCUT2D eigenvalue weighted by Gasteiger charge is -2.22. The molecule has 3 rings (SSSR count). The number of hydrogen-bond donors (Lipinski definition) is 2. The van der Waals surface area contributed by atoms with Crippen molar-refractivity contribution in [2.24, 2.45) is 4.99 Å². The number of nitrogens with one attached hydrogen (secondary N) is 2. The van der Waals surface area contributed by atoms with Gasteiger partial charge in [0.15, 0.2) is 11.8 Å². The van der Waals surface area contributed by atoms with Gasteiger partial charge in [0.05, 0.1) is 12.6 Å². The number of benzene rings is 1. The van der Waals surface area contributed by atoms with Crippen LogP contribution in [0.5, 0.6) is 0 Å². The van der Waals surface area contributed by atoms with E-state index in [9.17, 15) is 0 Å². The lowest BCUT2D eigenvalue weighted by Crippen LogP contribution is -2.39. The van der Waals surface area contributed by atoms with E-state index in [1.54, 1.807) is 0 Å². The second kappa shape index (κ2) is 12.1. The third-order valence-corrected chi connectivity index (χ3v) is 5.13. The molecule has 2 aromatic rings. The molecule has 7 nitrogen and oxygen atoms in total. The lowest BCUT2D eigenvalue weighted by atomic mass is 10.1. The monoisotopic (exact) mass is 526 g/mol. The summed E-state index contributed by atoms with van der Waals surface area (Å²) in [6.45, 7) is 12.1. The van der Waals surface area contributed by atoms with Crippen LogP contribution in [0.15, 0.2) is 33.8 Å². The zero-order chi connectivity index (χ0) is 20.6. The quantitative estimate of drug-likeness (QED) is 0.304. The Labute approximate surface area is 197 Å². The summed E-state index contributed by atoms with van der Waals surface area (Å²) in [5.74, 6) is 2.46. The number of guanidine groups is 1. The molecule has 1 fully saturated rings. The molecule has 2 heterocycles. The van der Waals surface area contributed by atoms with Crippen molar-refractivity contribution < 1.29 is 4.52 Å². The highest BCUT2D eigenvalue weighted by molar-refractivity contribution is 14.0. The van der Waals surface area contributed by atoms with Crippen LogP contribution in [0.2, 0.25) is 0 Å². The molecule has 1 unspecified atom stereocenters. The van der Waals surface area contributed by atoms with Gasteiger partial charge in [0.2, 0.25) is 5.89 Å². The van der Waals surface area contributed by atoms with Crippen LogP contribution in [0.1, 0.15) is 69.8 Å². The fourth-order valence-corrected chi connectivity index (χ4v) is 3.44. The van der Waals surface area contributed by atoms with Gasteiger partial charge >= 0.3 is 0 Å². The average molecular weight is 526 g/mol. The molecule has 1 aliphatic heterocycles. The van der Waals surface area contributed by atoms with E-state index in [2.05, 4.69) is 82.6 Å². The van der Waals surface area contributed by atoms with Gasteiger partial charge in [-0.25, -0.2) is 0 Å². The minimum atomic E-state index is 0. The predicted octanol–water partition coefficient (Wildman–Crippen LogP) is 4.27. The average Bonchev–Trinajstić information content (AvgIpc) is 3.40. The normalized spacial score (nSPS) is 15.2. The van der Waals surface area contributed by atoms with E-state index in [0.29, 0.717) is 18.9 Å². The molecule has 0 amide bonds. The predicted molar refractivity (Wildman–Crippen MR) is 133 cm³/mol. The molecule has 0 spiro atoms. The van der Waals surface area contributed by atoms with Gasteiger partial charge in [0.25, 0.3) is 0 Å². The molecule has 1 aliphatic rings. The molecule has 0 bridgehead atoms. The van der Waals surface area contributed by atoms with Crippen LogP contribution in [-0.4, -0.2) is 42.3 Å².